The van der Waals surface area contributed by atoms with Crippen LogP contribution in [0.15, 0.2) is 168 Å². The summed E-state index contributed by atoms with van der Waals surface area (Å²) >= 11 is 0. The molecular formula is C53H28F4. The van der Waals surface area contributed by atoms with Crippen molar-refractivity contribution in [2.45, 2.75) is 12.3 Å². The molecule has 0 aromatic heterocycles. The third kappa shape index (κ3) is 3.92. The summed E-state index contributed by atoms with van der Waals surface area (Å²) in [5.74, 6) is -3.83. The topological polar surface area (TPSA) is 0 Å². The first kappa shape index (κ1) is 31.4. The van der Waals surface area contributed by atoms with Crippen LogP contribution in [0.3, 0.4) is 0 Å². The largest absolute Gasteiger partial charge is 0.299 e. The minimum absolute atomic E-state index is 0.0718. The zero-order valence-corrected chi connectivity index (χ0v) is 30.2. The third-order valence-electron chi connectivity index (χ3n) is 13.2. The van der Waals surface area contributed by atoms with Crippen LogP contribution in [0, 0.1) is 28.0 Å². The molecule has 0 radical (unpaired) electrons. The molecule has 7 aromatic rings. The Bertz CT molecular complexity index is 3500. The van der Waals surface area contributed by atoms with Crippen molar-refractivity contribution in [3.05, 3.63) is 223 Å². The van der Waals surface area contributed by atoms with E-state index in [1.807, 2.05) is 60.7 Å². The highest BCUT2D eigenvalue weighted by Crippen LogP contribution is 2.60. The maximum atomic E-state index is 16.4. The molecule has 0 aliphatic heterocycles. The van der Waals surface area contributed by atoms with Crippen LogP contribution in [-0.4, -0.2) is 0 Å². The van der Waals surface area contributed by atoms with Gasteiger partial charge >= 0.3 is 0 Å². The smallest absolute Gasteiger partial charge is 0.207 e. The predicted octanol–water partition coefficient (Wildman–Crippen LogP) is 12.0. The number of fused-ring (bicyclic) bond motifs is 7. The van der Waals surface area contributed by atoms with Gasteiger partial charge in [-0.05, 0) is 164 Å². The molecule has 7 aromatic carbocycles. The average Bonchev–Trinajstić information content (AvgIpc) is 3.68. The molecule has 13 rings (SSSR count). The minimum Gasteiger partial charge on any atom is -0.207 e. The van der Waals surface area contributed by atoms with Crippen LogP contribution in [-0.2, 0) is 5.92 Å². The highest BCUT2D eigenvalue weighted by molar-refractivity contribution is 6.21. The van der Waals surface area contributed by atoms with E-state index in [0.717, 1.165) is 93.4 Å². The molecule has 0 saturated heterocycles. The molecule has 1 atom stereocenters. The van der Waals surface area contributed by atoms with Crippen LogP contribution >= 0.6 is 0 Å². The molecular weight excluding hydrogens is 713 g/mol. The number of allylic oxidation sites excluding steroid dienone is 10. The van der Waals surface area contributed by atoms with E-state index >= 15 is 8.78 Å². The molecule has 6 aliphatic rings. The van der Waals surface area contributed by atoms with Gasteiger partial charge in [-0.2, -0.15) is 8.78 Å². The second-order valence-electron chi connectivity index (χ2n) is 15.8. The number of hydrogen-bond acceptors (Lipinski definition) is 0. The van der Waals surface area contributed by atoms with Crippen LogP contribution in [0.4, 0.5) is 17.6 Å². The Morgan fingerprint density at radius 1 is 0.561 bits per heavy atom. The van der Waals surface area contributed by atoms with Crippen molar-refractivity contribution < 1.29 is 17.6 Å². The lowest BCUT2D eigenvalue weighted by molar-refractivity contribution is 0.0478. The van der Waals surface area contributed by atoms with Gasteiger partial charge in [0.2, 0.25) is 0 Å². The van der Waals surface area contributed by atoms with E-state index in [0.29, 0.717) is 11.1 Å². The summed E-state index contributed by atoms with van der Waals surface area (Å²) in [6, 6.07) is 37.5. The normalized spacial score (nSPS) is 18.5. The van der Waals surface area contributed by atoms with Crippen molar-refractivity contribution >= 4 is 43.8 Å². The standard InChI is InChI=1S/C53H28F4/c54-29-16-12-27(13-17-29)47-31-6-1-2-7-32(31)48(28-14-18-30(55)19-15-28)43-25-41-36-22-23-37-44-26-46-50(38-8-3-4-11-45(38)53(46,56)57)39-10-5-9-33(49(39)44)34-20-21-35(52(36)51(34)37)40(41)24-42(43)47/h1-20,22-26,49H,21H2. The molecule has 57 heavy (non-hydrogen) atoms. The van der Waals surface area contributed by atoms with Crippen molar-refractivity contribution in [2.24, 2.45) is 5.92 Å². The fraction of sp³-hybridized carbons (Fsp3) is 0.0566. The summed E-state index contributed by atoms with van der Waals surface area (Å²) in [5.41, 5.74) is 13.0. The van der Waals surface area contributed by atoms with E-state index in [1.165, 1.54) is 41.0 Å². The molecule has 0 spiro atoms. The number of rotatable bonds is 2. The van der Waals surface area contributed by atoms with Gasteiger partial charge in [0.15, 0.2) is 0 Å². The molecule has 0 heterocycles. The fourth-order valence-electron chi connectivity index (χ4n) is 10.9. The summed E-state index contributed by atoms with van der Waals surface area (Å²) in [5, 5.41) is 8.48. The van der Waals surface area contributed by atoms with Gasteiger partial charge in [-0.25, -0.2) is 8.78 Å². The Kier molecular flexibility index (Phi) is 5.92. The van der Waals surface area contributed by atoms with Gasteiger partial charge in [-0.1, -0.05) is 109 Å². The van der Waals surface area contributed by atoms with Crippen LogP contribution in [0.1, 0.15) is 28.7 Å². The first-order valence-electron chi connectivity index (χ1n) is 19.4. The minimum atomic E-state index is -3.10. The molecule has 0 amide bonds. The summed E-state index contributed by atoms with van der Waals surface area (Å²) in [7, 11) is 0. The molecule has 0 saturated carbocycles. The zero-order valence-electron chi connectivity index (χ0n) is 30.2. The lowest BCUT2D eigenvalue weighted by Crippen LogP contribution is -2.32. The molecule has 0 N–H and O–H groups in total. The number of hydrogen-bond donors (Lipinski definition) is 0. The van der Waals surface area contributed by atoms with Gasteiger partial charge in [0.1, 0.15) is 11.6 Å². The van der Waals surface area contributed by atoms with E-state index in [9.17, 15) is 8.78 Å². The van der Waals surface area contributed by atoms with E-state index in [1.54, 1.807) is 18.2 Å². The van der Waals surface area contributed by atoms with E-state index < -0.39 is 5.92 Å². The number of halogens is 4. The first-order chi connectivity index (χ1) is 27.9. The molecule has 268 valence electrons. The van der Waals surface area contributed by atoms with Crippen LogP contribution < -0.4 is 10.4 Å². The van der Waals surface area contributed by atoms with E-state index in [-0.39, 0.29) is 28.7 Å². The van der Waals surface area contributed by atoms with Gasteiger partial charge in [-0.3, -0.25) is 0 Å². The molecule has 4 heteroatoms. The van der Waals surface area contributed by atoms with Crippen molar-refractivity contribution in [3.63, 3.8) is 0 Å². The monoisotopic (exact) mass is 740 g/mol. The Morgan fingerprint density at radius 2 is 1.19 bits per heavy atom. The van der Waals surface area contributed by atoms with Gasteiger partial charge in [0, 0.05) is 17.1 Å². The van der Waals surface area contributed by atoms with Crippen molar-refractivity contribution in [1.82, 2.24) is 0 Å². The number of benzene rings is 7. The predicted molar refractivity (Wildman–Crippen MR) is 220 cm³/mol. The van der Waals surface area contributed by atoms with Crippen LogP contribution in [0.5, 0.6) is 0 Å². The van der Waals surface area contributed by atoms with Gasteiger partial charge in [-0.15, -0.1) is 0 Å². The number of alkyl halides is 2. The fourth-order valence-corrected chi connectivity index (χ4v) is 10.9. The van der Waals surface area contributed by atoms with Gasteiger partial charge in [0.25, 0.3) is 5.92 Å². The van der Waals surface area contributed by atoms with Crippen molar-refractivity contribution in [1.29, 1.82) is 0 Å². The summed E-state index contributed by atoms with van der Waals surface area (Å²) in [4.78, 5) is 0. The Balaban J connectivity index is 1.17. The van der Waals surface area contributed by atoms with Crippen molar-refractivity contribution in [3.8, 4) is 22.3 Å². The maximum absolute atomic E-state index is 16.4. The maximum Gasteiger partial charge on any atom is 0.299 e. The SMILES string of the molecule is Fc1ccc(-c2c3ccccc3c(-c3ccc(F)cc3)c3cc4c(cc23)=C2CC=C3C5=CC=CC6=C7C(=CC(=c8ccc=4c2c83)C56)C(F)(F)c2ccccc27)cc1. The lowest BCUT2D eigenvalue weighted by atomic mass is 9.65. The second kappa shape index (κ2) is 10.7. The summed E-state index contributed by atoms with van der Waals surface area (Å²) < 4.78 is 61.5. The second-order valence-corrected chi connectivity index (χ2v) is 15.8. The molecule has 0 nitrogen and oxygen atoms in total. The first-order valence-corrected chi connectivity index (χ1v) is 19.4. The molecule has 1 unspecified atom stereocenters. The van der Waals surface area contributed by atoms with Crippen LogP contribution in [0.25, 0.3) is 66.1 Å². The lowest BCUT2D eigenvalue weighted by Gasteiger charge is -2.38. The van der Waals surface area contributed by atoms with E-state index in [2.05, 4.69) is 48.6 Å². The summed E-state index contributed by atoms with van der Waals surface area (Å²) in [6.07, 6.45) is 11.1. The highest BCUT2D eigenvalue weighted by atomic mass is 19.3. The van der Waals surface area contributed by atoms with Crippen LogP contribution in [0.2, 0.25) is 0 Å². The van der Waals surface area contributed by atoms with Gasteiger partial charge < -0.3 is 0 Å². The molecule has 6 aliphatic carbocycles. The highest BCUT2D eigenvalue weighted by Gasteiger charge is 2.51. The van der Waals surface area contributed by atoms with E-state index in [4.69, 9.17) is 0 Å². The quantitative estimate of drug-likeness (QED) is 0.122. The Morgan fingerprint density at radius 3 is 1.89 bits per heavy atom. The van der Waals surface area contributed by atoms with Gasteiger partial charge in [0.05, 0.1) is 0 Å². The summed E-state index contributed by atoms with van der Waals surface area (Å²) in [6.45, 7) is 0. The molecule has 0 fully saturated rings. The third-order valence-corrected chi connectivity index (χ3v) is 13.2. The Labute approximate surface area is 324 Å². The molecule has 0 bridgehead atoms. The Hall–Kier alpha value is -6.78. The zero-order chi connectivity index (χ0) is 37.9. The van der Waals surface area contributed by atoms with Crippen molar-refractivity contribution in [2.75, 3.05) is 0 Å². The average molecular weight is 741 g/mol.